The van der Waals surface area contributed by atoms with E-state index in [1.165, 1.54) is 0 Å². The molecule has 212 valence electrons. The highest BCUT2D eigenvalue weighted by Crippen LogP contribution is 2.56. The number of rotatable bonds is 2. The predicted molar refractivity (Wildman–Crippen MR) is 180 cm³/mol. The third-order valence-corrected chi connectivity index (χ3v) is 10.4. The number of fused-ring (bicyclic) bond motifs is 10. The van der Waals surface area contributed by atoms with Gasteiger partial charge in [-0.3, -0.25) is 19.8 Å². The van der Waals surface area contributed by atoms with Crippen molar-refractivity contribution in [1.29, 1.82) is 0 Å². The molecular weight excluding hydrogens is 597 g/mol. The molecule has 0 atom stereocenters. The molecule has 0 radical (unpaired) electrons. The van der Waals surface area contributed by atoms with Crippen LogP contribution in [0.15, 0.2) is 135 Å². The number of nitrogens with one attached hydrogen (secondary N) is 1. The van der Waals surface area contributed by atoms with Crippen LogP contribution in [-0.4, -0.2) is 29.9 Å². The lowest BCUT2D eigenvalue weighted by atomic mass is 10.1. The van der Waals surface area contributed by atoms with Gasteiger partial charge < -0.3 is 4.98 Å². The largest absolute Gasteiger partial charge is 0.343 e. The van der Waals surface area contributed by atoms with Crippen LogP contribution in [0, 0.1) is 0 Å². The summed E-state index contributed by atoms with van der Waals surface area (Å²) in [5, 5.41) is 0. The molecule has 3 aromatic heterocycles. The second-order valence-electron chi connectivity index (χ2n) is 10.7. The van der Waals surface area contributed by atoms with Gasteiger partial charge in [-0.05, 0) is 48.5 Å². The molecule has 0 unspecified atom stereocenters. The summed E-state index contributed by atoms with van der Waals surface area (Å²) in [5.41, 5.74) is 8.38. The number of nitrogens with zero attached hydrogens (tertiary/aromatic N) is 7. The van der Waals surface area contributed by atoms with Crippen molar-refractivity contribution < 1.29 is 0 Å². The van der Waals surface area contributed by atoms with Crippen LogP contribution in [0.2, 0.25) is 0 Å². The van der Waals surface area contributed by atoms with Gasteiger partial charge in [-0.2, -0.15) is 0 Å². The second-order valence-corrected chi connectivity index (χ2v) is 12.9. The monoisotopic (exact) mass is 616 g/mol. The lowest BCUT2D eigenvalue weighted by Gasteiger charge is -2.37. The minimum Gasteiger partial charge on any atom is -0.343 e. The van der Waals surface area contributed by atoms with E-state index in [0.29, 0.717) is 33.7 Å². The maximum absolute atomic E-state index is 5.53. The number of H-pyrrole nitrogens is 1. The van der Waals surface area contributed by atoms with Gasteiger partial charge >= 0.3 is 0 Å². The highest BCUT2D eigenvalue weighted by molar-refractivity contribution is 8.00. The van der Waals surface area contributed by atoms with Crippen molar-refractivity contribution in [3.8, 4) is 0 Å². The zero-order valence-corrected chi connectivity index (χ0v) is 25.0. The lowest BCUT2D eigenvalue weighted by Crippen LogP contribution is -2.23. The number of hydrogen-bond acceptors (Lipinski definition) is 9. The summed E-state index contributed by atoms with van der Waals surface area (Å²) in [5.74, 6) is 1.41. The molecule has 2 aliphatic rings. The van der Waals surface area contributed by atoms with Gasteiger partial charge in [0.2, 0.25) is 0 Å². The molecule has 8 aromatic rings. The molecule has 5 heterocycles. The average Bonchev–Trinajstić information content (AvgIpc) is 3.60. The van der Waals surface area contributed by atoms with E-state index < -0.39 is 0 Å². The fourth-order valence-electron chi connectivity index (χ4n) is 6.26. The molecule has 0 amide bonds. The fourth-order valence-corrected chi connectivity index (χ4v) is 8.38. The molecule has 0 bridgehead atoms. The van der Waals surface area contributed by atoms with Crippen molar-refractivity contribution in [3.05, 3.63) is 116 Å². The first-order valence-electron chi connectivity index (χ1n) is 14.4. The van der Waals surface area contributed by atoms with Crippen LogP contribution in [-0.2, 0) is 0 Å². The van der Waals surface area contributed by atoms with E-state index in [1.807, 2.05) is 0 Å². The van der Waals surface area contributed by atoms with E-state index in [9.17, 15) is 0 Å². The van der Waals surface area contributed by atoms with E-state index >= 15 is 0 Å². The molecule has 2 aliphatic heterocycles. The summed E-state index contributed by atoms with van der Waals surface area (Å²) in [6.45, 7) is 0. The fraction of sp³-hybridized carbons (Fsp3) is 0. The van der Waals surface area contributed by atoms with Gasteiger partial charge in [-0.25, -0.2) is 15.0 Å². The van der Waals surface area contributed by atoms with Gasteiger partial charge in [-0.15, -0.1) is 0 Å². The van der Waals surface area contributed by atoms with E-state index in [2.05, 4.69) is 122 Å². The van der Waals surface area contributed by atoms with Gasteiger partial charge in [0.25, 0.3) is 0 Å². The Balaban J connectivity index is 1.39. The molecule has 0 saturated carbocycles. The normalized spacial score (nSPS) is 13.5. The van der Waals surface area contributed by atoms with Crippen LogP contribution in [0.3, 0.4) is 0 Å². The summed E-state index contributed by atoms with van der Waals surface area (Å²) in [7, 11) is 0. The molecule has 0 saturated heterocycles. The Hall–Kier alpha value is -5.45. The molecule has 8 nitrogen and oxygen atoms in total. The third-order valence-electron chi connectivity index (χ3n) is 8.17. The summed E-state index contributed by atoms with van der Waals surface area (Å²) in [6, 6.07) is 33.9. The van der Waals surface area contributed by atoms with Crippen LogP contribution < -0.4 is 9.80 Å². The second kappa shape index (κ2) is 9.52. The number of imidazole rings is 1. The van der Waals surface area contributed by atoms with E-state index in [-0.39, 0.29) is 0 Å². The van der Waals surface area contributed by atoms with E-state index in [4.69, 9.17) is 15.0 Å². The number of aromatic amines is 1. The minimum atomic E-state index is 0.662. The first-order chi connectivity index (χ1) is 22.3. The number of anilines is 6. The molecule has 5 aromatic carbocycles. The van der Waals surface area contributed by atoms with Gasteiger partial charge in [0.05, 0.1) is 34.6 Å². The van der Waals surface area contributed by atoms with Crippen molar-refractivity contribution >= 4 is 91.0 Å². The van der Waals surface area contributed by atoms with Crippen molar-refractivity contribution in [2.24, 2.45) is 0 Å². The Bertz CT molecular complexity index is 2400. The number of hydrogen-bond donors (Lipinski definition) is 1. The maximum atomic E-state index is 5.53. The Kier molecular flexibility index (Phi) is 5.28. The van der Waals surface area contributed by atoms with Gasteiger partial charge in [0, 0.05) is 32.0 Å². The quantitative estimate of drug-likeness (QED) is 0.191. The molecule has 45 heavy (non-hydrogen) atoms. The smallest absolute Gasteiger partial charge is 0.182 e. The van der Waals surface area contributed by atoms with Crippen LogP contribution >= 0.6 is 23.5 Å². The van der Waals surface area contributed by atoms with Crippen LogP contribution in [0.5, 0.6) is 0 Å². The van der Waals surface area contributed by atoms with Crippen LogP contribution in [0.4, 0.5) is 34.4 Å². The number of para-hydroxylation sites is 4. The van der Waals surface area contributed by atoms with E-state index in [1.54, 1.807) is 42.2 Å². The first kappa shape index (κ1) is 24.9. The molecule has 10 rings (SSSR count). The van der Waals surface area contributed by atoms with Crippen molar-refractivity contribution in [3.63, 3.8) is 0 Å². The van der Waals surface area contributed by atoms with Crippen LogP contribution in [0.1, 0.15) is 0 Å². The SMILES string of the molecule is c1ccc2c(c1)Sc1ccccc1N2c1nc2c3nccnc3c3nc[nH]c3c2nc1N1c2ccccc2Sc2ccccc21. The Labute approximate surface area is 265 Å². The molecular formula is C35H20N8S2. The lowest BCUT2D eigenvalue weighted by molar-refractivity contribution is 1.06. The molecule has 10 heteroatoms. The van der Waals surface area contributed by atoms with Crippen molar-refractivity contribution in [2.45, 2.75) is 19.6 Å². The molecule has 0 aliphatic carbocycles. The average molecular weight is 617 g/mol. The Morgan fingerprint density at radius 1 is 0.444 bits per heavy atom. The highest BCUT2D eigenvalue weighted by atomic mass is 32.2. The number of benzene rings is 5. The zero-order chi connectivity index (χ0) is 29.5. The highest BCUT2D eigenvalue weighted by Gasteiger charge is 2.34. The minimum absolute atomic E-state index is 0.662. The zero-order valence-electron chi connectivity index (χ0n) is 23.4. The summed E-state index contributed by atoms with van der Waals surface area (Å²) in [4.78, 5) is 37.6. The third kappa shape index (κ3) is 3.60. The predicted octanol–water partition coefficient (Wildman–Crippen LogP) is 9.32. The Morgan fingerprint density at radius 2 is 0.867 bits per heavy atom. The van der Waals surface area contributed by atoms with Crippen LogP contribution in [0.25, 0.3) is 33.1 Å². The summed E-state index contributed by atoms with van der Waals surface area (Å²) in [6.07, 6.45) is 5.08. The standard InChI is InChI=1S/C35H20N8S2/c1-5-13-24-20(9-1)42(21-10-2-6-14-25(21)44-24)34-35(43-22-11-3-7-15-26(22)45-27-16-8-4-12-23(27)43)41-33-31-29(38-19-39-31)28-30(32(33)40-34)37-18-17-36-28/h1-19H,(H,38,39). The number of aromatic nitrogens is 6. The van der Waals surface area contributed by atoms with Gasteiger partial charge in [-0.1, -0.05) is 72.1 Å². The maximum Gasteiger partial charge on any atom is 0.182 e. The van der Waals surface area contributed by atoms with E-state index in [0.717, 1.165) is 53.4 Å². The van der Waals surface area contributed by atoms with Gasteiger partial charge in [0.1, 0.15) is 27.6 Å². The summed E-state index contributed by atoms with van der Waals surface area (Å²) < 4.78 is 0. The van der Waals surface area contributed by atoms with Crippen molar-refractivity contribution in [1.82, 2.24) is 29.9 Å². The molecule has 0 spiro atoms. The van der Waals surface area contributed by atoms with Gasteiger partial charge in [0.15, 0.2) is 11.6 Å². The molecule has 1 N–H and O–H groups in total. The first-order valence-corrected chi connectivity index (χ1v) is 16.1. The summed E-state index contributed by atoms with van der Waals surface area (Å²) >= 11 is 3.53. The Morgan fingerprint density at radius 3 is 1.36 bits per heavy atom. The molecule has 0 fully saturated rings. The topological polar surface area (TPSA) is 86.7 Å². The van der Waals surface area contributed by atoms with Crippen molar-refractivity contribution in [2.75, 3.05) is 9.80 Å².